The van der Waals surface area contributed by atoms with Crippen molar-refractivity contribution in [3.05, 3.63) is 41.2 Å². The number of nitrogens with zero attached hydrogens (tertiary/aromatic N) is 2. The Hall–Kier alpha value is -2.05. The molecule has 1 unspecified atom stereocenters. The number of nitrogens with two attached hydrogens (primary N) is 1. The molecule has 1 aromatic carbocycles. The molecule has 6 heteroatoms. The van der Waals surface area contributed by atoms with E-state index in [1.165, 1.54) is 0 Å². The molecule has 1 aromatic heterocycles. The van der Waals surface area contributed by atoms with E-state index in [1.54, 1.807) is 14.2 Å². The van der Waals surface area contributed by atoms with Crippen molar-refractivity contribution in [1.82, 2.24) is 15.2 Å². The molecule has 0 aliphatic rings. The lowest BCUT2D eigenvalue weighted by atomic mass is 10.0. The number of methoxy groups -OCH3 is 2. The van der Waals surface area contributed by atoms with Crippen LogP contribution in [0.3, 0.4) is 0 Å². The molecular formula is C14H20N4O2. The van der Waals surface area contributed by atoms with Crippen LogP contribution in [-0.2, 0) is 7.05 Å². The fourth-order valence-corrected chi connectivity index (χ4v) is 2.29. The molecule has 0 fully saturated rings. The predicted octanol–water partition coefficient (Wildman–Crippen LogP) is 1.30. The van der Waals surface area contributed by atoms with Crippen LogP contribution < -0.4 is 20.7 Å². The fourth-order valence-electron chi connectivity index (χ4n) is 2.29. The average molecular weight is 276 g/mol. The largest absolute Gasteiger partial charge is 0.493 e. The molecule has 6 nitrogen and oxygen atoms in total. The first-order valence-corrected chi connectivity index (χ1v) is 6.29. The Morgan fingerprint density at radius 2 is 1.90 bits per heavy atom. The molecule has 2 rings (SSSR count). The van der Waals surface area contributed by atoms with Gasteiger partial charge in [0.25, 0.3) is 0 Å². The van der Waals surface area contributed by atoms with Gasteiger partial charge in [-0.25, -0.2) is 5.43 Å². The highest BCUT2D eigenvalue weighted by atomic mass is 16.5. The molecule has 2 aromatic rings. The Kier molecular flexibility index (Phi) is 4.26. The smallest absolute Gasteiger partial charge is 0.161 e. The highest BCUT2D eigenvalue weighted by molar-refractivity contribution is 5.45. The maximum absolute atomic E-state index is 5.71. The minimum Gasteiger partial charge on any atom is -0.493 e. The van der Waals surface area contributed by atoms with Gasteiger partial charge < -0.3 is 9.47 Å². The lowest BCUT2D eigenvalue weighted by molar-refractivity contribution is 0.354. The van der Waals surface area contributed by atoms with Gasteiger partial charge >= 0.3 is 0 Å². The summed E-state index contributed by atoms with van der Waals surface area (Å²) in [5, 5.41) is 4.35. The summed E-state index contributed by atoms with van der Waals surface area (Å²) in [4.78, 5) is 0. The van der Waals surface area contributed by atoms with Gasteiger partial charge in [-0.3, -0.25) is 10.5 Å². The third-order valence-corrected chi connectivity index (χ3v) is 3.24. The summed E-state index contributed by atoms with van der Waals surface area (Å²) in [5.41, 5.74) is 5.73. The predicted molar refractivity (Wildman–Crippen MR) is 76.7 cm³/mol. The molecule has 0 spiro atoms. The van der Waals surface area contributed by atoms with E-state index in [0.717, 1.165) is 17.0 Å². The quantitative estimate of drug-likeness (QED) is 0.636. The van der Waals surface area contributed by atoms with Crippen LogP contribution in [0.1, 0.15) is 23.0 Å². The highest BCUT2D eigenvalue weighted by Gasteiger charge is 2.18. The highest BCUT2D eigenvalue weighted by Crippen LogP contribution is 2.31. The molecule has 108 valence electrons. The standard InChI is InChI=1S/C14H20N4O2/c1-9-7-11(18(2)17-9)14(16-15)10-5-6-12(19-3)13(8-10)20-4/h5-8,14,16H,15H2,1-4H3. The van der Waals surface area contributed by atoms with Crippen LogP contribution >= 0.6 is 0 Å². The molecule has 1 heterocycles. The van der Waals surface area contributed by atoms with Crippen molar-refractivity contribution in [2.75, 3.05) is 14.2 Å². The van der Waals surface area contributed by atoms with Crippen LogP contribution in [0.4, 0.5) is 0 Å². The zero-order valence-corrected chi connectivity index (χ0v) is 12.2. The Morgan fingerprint density at radius 1 is 1.20 bits per heavy atom. The number of nitrogens with one attached hydrogen (secondary N) is 1. The number of rotatable bonds is 5. The van der Waals surface area contributed by atoms with Crippen molar-refractivity contribution in [3.8, 4) is 11.5 Å². The van der Waals surface area contributed by atoms with E-state index in [9.17, 15) is 0 Å². The van der Waals surface area contributed by atoms with Crippen LogP contribution in [0, 0.1) is 6.92 Å². The summed E-state index contributed by atoms with van der Waals surface area (Å²) in [6, 6.07) is 7.56. The Labute approximate surface area is 118 Å². The second-order valence-corrected chi connectivity index (χ2v) is 4.55. The second-order valence-electron chi connectivity index (χ2n) is 4.55. The first-order chi connectivity index (χ1) is 9.60. The first-order valence-electron chi connectivity index (χ1n) is 6.29. The van der Waals surface area contributed by atoms with Crippen molar-refractivity contribution in [1.29, 1.82) is 0 Å². The van der Waals surface area contributed by atoms with E-state index in [2.05, 4.69) is 10.5 Å². The normalized spacial score (nSPS) is 12.2. The van der Waals surface area contributed by atoms with Gasteiger partial charge in [0.1, 0.15) is 0 Å². The fraction of sp³-hybridized carbons (Fsp3) is 0.357. The minimum atomic E-state index is -0.166. The van der Waals surface area contributed by atoms with Crippen molar-refractivity contribution in [2.24, 2.45) is 12.9 Å². The zero-order valence-electron chi connectivity index (χ0n) is 12.2. The van der Waals surface area contributed by atoms with E-state index in [1.807, 2.05) is 42.9 Å². The molecule has 0 aliphatic heterocycles. The molecule has 1 atom stereocenters. The van der Waals surface area contributed by atoms with Crippen LogP contribution in [0.25, 0.3) is 0 Å². The number of hydrogen-bond donors (Lipinski definition) is 2. The average Bonchev–Trinajstić information content (AvgIpc) is 2.78. The summed E-state index contributed by atoms with van der Waals surface area (Å²) >= 11 is 0. The Morgan fingerprint density at radius 3 is 2.40 bits per heavy atom. The summed E-state index contributed by atoms with van der Waals surface area (Å²) in [6.45, 7) is 1.95. The Bertz CT molecular complexity index is 595. The lowest BCUT2D eigenvalue weighted by Crippen LogP contribution is -2.30. The van der Waals surface area contributed by atoms with E-state index in [4.69, 9.17) is 15.3 Å². The summed E-state index contributed by atoms with van der Waals surface area (Å²) < 4.78 is 12.4. The van der Waals surface area contributed by atoms with Gasteiger partial charge in [-0.2, -0.15) is 5.10 Å². The molecule has 0 bridgehead atoms. The van der Waals surface area contributed by atoms with Gasteiger partial charge in [0.05, 0.1) is 31.6 Å². The van der Waals surface area contributed by atoms with Gasteiger partial charge in [0.2, 0.25) is 0 Å². The van der Waals surface area contributed by atoms with E-state index < -0.39 is 0 Å². The van der Waals surface area contributed by atoms with Crippen molar-refractivity contribution < 1.29 is 9.47 Å². The summed E-state index contributed by atoms with van der Waals surface area (Å²) in [7, 11) is 5.12. The number of hydrazine groups is 1. The topological polar surface area (TPSA) is 74.3 Å². The molecule has 0 saturated carbocycles. The monoisotopic (exact) mass is 276 g/mol. The maximum atomic E-state index is 5.71. The number of hydrogen-bond acceptors (Lipinski definition) is 5. The van der Waals surface area contributed by atoms with Crippen molar-refractivity contribution in [2.45, 2.75) is 13.0 Å². The van der Waals surface area contributed by atoms with Gasteiger partial charge in [0.15, 0.2) is 11.5 Å². The van der Waals surface area contributed by atoms with Gasteiger partial charge in [-0.05, 0) is 30.7 Å². The van der Waals surface area contributed by atoms with Crippen molar-refractivity contribution >= 4 is 0 Å². The van der Waals surface area contributed by atoms with Crippen LogP contribution in [-0.4, -0.2) is 24.0 Å². The van der Waals surface area contributed by atoms with E-state index >= 15 is 0 Å². The molecule has 0 radical (unpaired) electrons. The van der Waals surface area contributed by atoms with Crippen molar-refractivity contribution in [3.63, 3.8) is 0 Å². The third-order valence-electron chi connectivity index (χ3n) is 3.24. The summed E-state index contributed by atoms with van der Waals surface area (Å²) in [6.07, 6.45) is 0. The molecule has 3 N–H and O–H groups in total. The Balaban J connectivity index is 2.44. The molecule has 20 heavy (non-hydrogen) atoms. The number of aryl methyl sites for hydroxylation is 2. The van der Waals surface area contributed by atoms with E-state index in [-0.39, 0.29) is 6.04 Å². The molecule has 0 aliphatic carbocycles. The maximum Gasteiger partial charge on any atom is 0.161 e. The third kappa shape index (κ3) is 2.61. The number of benzene rings is 1. The first kappa shape index (κ1) is 14.4. The molecule has 0 saturated heterocycles. The minimum absolute atomic E-state index is 0.166. The van der Waals surface area contributed by atoms with Gasteiger partial charge in [0, 0.05) is 7.05 Å². The van der Waals surface area contributed by atoms with Crippen LogP contribution in [0.5, 0.6) is 11.5 Å². The SMILES string of the molecule is COc1ccc(C(NN)c2cc(C)nn2C)cc1OC. The van der Waals surface area contributed by atoms with Gasteiger partial charge in [-0.1, -0.05) is 6.07 Å². The zero-order chi connectivity index (χ0) is 14.7. The summed E-state index contributed by atoms with van der Waals surface area (Å²) in [5.74, 6) is 7.07. The number of aromatic nitrogens is 2. The molecule has 0 amide bonds. The second kappa shape index (κ2) is 5.94. The van der Waals surface area contributed by atoms with Gasteiger partial charge in [-0.15, -0.1) is 0 Å². The van der Waals surface area contributed by atoms with Crippen LogP contribution in [0.2, 0.25) is 0 Å². The number of ether oxygens (including phenoxy) is 2. The molecular weight excluding hydrogens is 256 g/mol. The lowest BCUT2D eigenvalue weighted by Gasteiger charge is -2.18. The van der Waals surface area contributed by atoms with E-state index in [0.29, 0.717) is 11.5 Å². The van der Waals surface area contributed by atoms with Crippen LogP contribution in [0.15, 0.2) is 24.3 Å².